The number of amides is 2. The van der Waals surface area contributed by atoms with Crippen LogP contribution in [0.25, 0.3) is 0 Å². The zero-order chi connectivity index (χ0) is 19.0. The summed E-state index contributed by atoms with van der Waals surface area (Å²) in [5.74, 6) is -0.193. The van der Waals surface area contributed by atoms with E-state index in [9.17, 15) is 14.0 Å². The van der Waals surface area contributed by atoms with Crippen LogP contribution in [-0.2, 0) is 0 Å². The van der Waals surface area contributed by atoms with E-state index in [2.05, 4.69) is 10.6 Å². The lowest BCUT2D eigenvalue weighted by Gasteiger charge is -2.10. The van der Waals surface area contributed by atoms with Crippen molar-refractivity contribution in [1.82, 2.24) is 0 Å². The number of carbonyl (C=O) groups excluding carboxylic acids is 2. The summed E-state index contributed by atoms with van der Waals surface area (Å²) in [5.41, 5.74) is 2.64. The summed E-state index contributed by atoms with van der Waals surface area (Å²) in [6.45, 7) is 1.92. The van der Waals surface area contributed by atoms with Gasteiger partial charge in [-0.15, -0.1) is 0 Å². The number of aryl methyl sites for hydroxylation is 1. The Kier molecular flexibility index (Phi) is 4.08. The molecule has 0 fully saturated rings. The molecule has 0 radical (unpaired) electrons. The summed E-state index contributed by atoms with van der Waals surface area (Å²) in [4.78, 5) is 24.9. The third-order valence-corrected chi connectivity index (χ3v) is 4.19. The van der Waals surface area contributed by atoms with Crippen molar-refractivity contribution in [2.24, 2.45) is 0 Å². The average Bonchev–Trinajstić information content (AvgIpc) is 2.78. The minimum absolute atomic E-state index is 0.306. The van der Waals surface area contributed by atoms with Gasteiger partial charge in [-0.05, 0) is 67.1 Å². The zero-order valence-corrected chi connectivity index (χ0v) is 14.4. The van der Waals surface area contributed by atoms with Gasteiger partial charge in [-0.3, -0.25) is 9.59 Å². The van der Waals surface area contributed by atoms with Gasteiger partial charge < -0.3 is 15.4 Å². The highest BCUT2D eigenvalue weighted by Gasteiger charge is 2.21. The number of benzene rings is 3. The van der Waals surface area contributed by atoms with E-state index in [4.69, 9.17) is 4.74 Å². The Bertz CT molecular complexity index is 1060. The molecule has 0 aromatic heterocycles. The van der Waals surface area contributed by atoms with Crippen molar-refractivity contribution in [3.05, 3.63) is 83.2 Å². The Morgan fingerprint density at radius 1 is 1.00 bits per heavy atom. The second-order valence-corrected chi connectivity index (χ2v) is 6.23. The van der Waals surface area contributed by atoms with Gasteiger partial charge in [-0.25, -0.2) is 4.39 Å². The van der Waals surface area contributed by atoms with Gasteiger partial charge in [0, 0.05) is 11.3 Å². The average molecular weight is 362 g/mol. The summed E-state index contributed by atoms with van der Waals surface area (Å²) < 4.78 is 18.8. The molecule has 3 aromatic rings. The molecule has 27 heavy (non-hydrogen) atoms. The lowest BCUT2D eigenvalue weighted by atomic mass is 10.1. The van der Waals surface area contributed by atoms with Gasteiger partial charge in [0.05, 0.1) is 11.3 Å². The Balaban J connectivity index is 1.61. The van der Waals surface area contributed by atoms with Crippen LogP contribution < -0.4 is 15.4 Å². The summed E-state index contributed by atoms with van der Waals surface area (Å²) >= 11 is 0. The van der Waals surface area contributed by atoms with Crippen LogP contribution in [0.5, 0.6) is 11.5 Å². The molecule has 0 saturated carbocycles. The van der Waals surface area contributed by atoms with E-state index in [-0.39, 0.29) is 5.91 Å². The molecular formula is C21H15FN2O3. The fraction of sp³-hybridized carbons (Fsp3) is 0.0476. The Morgan fingerprint density at radius 2 is 1.74 bits per heavy atom. The van der Waals surface area contributed by atoms with Crippen LogP contribution in [0.3, 0.4) is 0 Å². The standard InChI is InChI=1S/C21H15FN2O3/c1-12-2-8-19-17(10-12)24-21(26)16-11-15(7-9-18(16)27-19)23-20(25)13-3-5-14(22)6-4-13/h2-11H,1H3,(H,23,25)(H,24,26). The third kappa shape index (κ3) is 3.37. The molecule has 0 unspecified atom stereocenters. The lowest BCUT2D eigenvalue weighted by molar-refractivity contribution is 0.101. The van der Waals surface area contributed by atoms with Crippen molar-refractivity contribution in [1.29, 1.82) is 0 Å². The molecule has 0 bridgehead atoms. The van der Waals surface area contributed by atoms with Gasteiger partial charge in [0.25, 0.3) is 11.8 Å². The fourth-order valence-electron chi connectivity index (χ4n) is 2.82. The highest BCUT2D eigenvalue weighted by molar-refractivity contribution is 6.10. The molecule has 1 heterocycles. The molecule has 1 aliphatic heterocycles. The number of halogens is 1. The zero-order valence-electron chi connectivity index (χ0n) is 14.4. The van der Waals surface area contributed by atoms with Crippen molar-refractivity contribution < 1.29 is 18.7 Å². The number of hydrogen-bond acceptors (Lipinski definition) is 3. The minimum atomic E-state index is -0.416. The maximum absolute atomic E-state index is 13.0. The van der Waals surface area contributed by atoms with Crippen LogP contribution in [0.15, 0.2) is 60.7 Å². The summed E-state index contributed by atoms with van der Waals surface area (Å²) in [7, 11) is 0. The Morgan fingerprint density at radius 3 is 2.52 bits per heavy atom. The number of rotatable bonds is 2. The van der Waals surface area contributed by atoms with Gasteiger partial charge >= 0.3 is 0 Å². The molecule has 3 aromatic carbocycles. The quantitative estimate of drug-likeness (QED) is 0.692. The minimum Gasteiger partial charge on any atom is -0.454 e. The van der Waals surface area contributed by atoms with E-state index < -0.39 is 11.7 Å². The van der Waals surface area contributed by atoms with Crippen LogP contribution in [0.4, 0.5) is 15.8 Å². The molecule has 0 spiro atoms. The molecule has 0 aliphatic carbocycles. The first-order valence-electron chi connectivity index (χ1n) is 8.30. The molecule has 0 atom stereocenters. The van der Waals surface area contributed by atoms with Gasteiger partial charge in [0.2, 0.25) is 0 Å². The Hall–Kier alpha value is -3.67. The first-order chi connectivity index (χ1) is 13.0. The van der Waals surface area contributed by atoms with Crippen molar-refractivity contribution in [2.45, 2.75) is 6.92 Å². The van der Waals surface area contributed by atoms with Crippen molar-refractivity contribution in [2.75, 3.05) is 10.6 Å². The van der Waals surface area contributed by atoms with Gasteiger partial charge in [0.15, 0.2) is 5.75 Å². The summed E-state index contributed by atoms with van der Waals surface area (Å²) in [6.07, 6.45) is 0. The summed E-state index contributed by atoms with van der Waals surface area (Å²) in [6, 6.07) is 15.6. The number of carbonyl (C=O) groups is 2. The molecule has 6 heteroatoms. The summed E-state index contributed by atoms with van der Waals surface area (Å²) in [5, 5.41) is 5.52. The first kappa shape index (κ1) is 16.8. The monoisotopic (exact) mass is 362 g/mol. The van der Waals surface area contributed by atoms with Crippen LogP contribution in [0, 0.1) is 12.7 Å². The number of ether oxygens (including phenoxy) is 1. The van der Waals surface area contributed by atoms with Gasteiger partial charge in [-0.2, -0.15) is 0 Å². The normalized spacial score (nSPS) is 12.1. The van der Waals surface area contributed by atoms with Crippen LogP contribution in [-0.4, -0.2) is 11.8 Å². The SMILES string of the molecule is Cc1ccc2c(c1)NC(=O)c1cc(NC(=O)c3ccc(F)cc3)ccc1O2. The predicted octanol–water partition coefficient (Wildman–Crippen LogP) is 4.74. The molecule has 2 N–H and O–H groups in total. The second-order valence-electron chi connectivity index (χ2n) is 6.23. The van der Waals surface area contributed by atoms with Crippen molar-refractivity contribution in [3.63, 3.8) is 0 Å². The highest BCUT2D eigenvalue weighted by atomic mass is 19.1. The van der Waals surface area contributed by atoms with Gasteiger partial charge in [-0.1, -0.05) is 6.07 Å². The number of anilines is 2. The van der Waals surface area contributed by atoms with E-state index in [1.165, 1.54) is 24.3 Å². The highest BCUT2D eigenvalue weighted by Crippen LogP contribution is 2.37. The van der Waals surface area contributed by atoms with Crippen molar-refractivity contribution in [3.8, 4) is 11.5 Å². The fourth-order valence-corrected chi connectivity index (χ4v) is 2.82. The predicted molar refractivity (Wildman–Crippen MR) is 100 cm³/mol. The molecule has 4 rings (SSSR count). The van der Waals surface area contributed by atoms with Crippen molar-refractivity contribution >= 4 is 23.2 Å². The van der Waals surface area contributed by atoms with E-state index in [1.54, 1.807) is 24.3 Å². The van der Waals surface area contributed by atoms with E-state index in [1.807, 2.05) is 19.1 Å². The maximum Gasteiger partial charge on any atom is 0.259 e. The van der Waals surface area contributed by atoms with E-state index >= 15 is 0 Å². The number of fused-ring (bicyclic) bond motifs is 2. The number of hydrogen-bond donors (Lipinski definition) is 2. The Labute approximate surface area is 154 Å². The smallest absolute Gasteiger partial charge is 0.259 e. The van der Waals surface area contributed by atoms with E-state index in [0.29, 0.717) is 34.0 Å². The molecule has 0 saturated heterocycles. The second kappa shape index (κ2) is 6.57. The van der Waals surface area contributed by atoms with Crippen LogP contribution >= 0.6 is 0 Å². The largest absolute Gasteiger partial charge is 0.454 e. The third-order valence-electron chi connectivity index (χ3n) is 4.19. The topological polar surface area (TPSA) is 67.4 Å². The van der Waals surface area contributed by atoms with E-state index in [0.717, 1.165) is 5.56 Å². The molecule has 1 aliphatic rings. The number of nitrogens with one attached hydrogen (secondary N) is 2. The van der Waals surface area contributed by atoms with Crippen LogP contribution in [0.1, 0.15) is 26.3 Å². The lowest BCUT2D eigenvalue weighted by Crippen LogP contribution is -2.14. The molecule has 5 nitrogen and oxygen atoms in total. The molecule has 2 amide bonds. The molecule has 134 valence electrons. The maximum atomic E-state index is 13.0. The van der Waals surface area contributed by atoms with Crippen LogP contribution in [0.2, 0.25) is 0 Å². The first-order valence-corrected chi connectivity index (χ1v) is 8.30. The van der Waals surface area contributed by atoms with Gasteiger partial charge in [0.1, 0.15) is 11.6 Å². The molecular weight excluding hydrogens is 347 g/mol.